The van der Waals surface area contributed by atoms with Gasteiger partial charge in [0, 0.05) is 19.7 Å². The molecule has 0 saturated carbocycles. The van der Waals surface area contributed by atoms with E-state index < -0.39 is 29.1 Å². The highest BCUT2D eigenvalue weighted by atomic mass is 16.7. The standard InChI is InChI=1S/C19H18N2O7/c1-12-5-3-4-6-13(12)9-20(2)18(22)10-26-19(23)14-7-16-17(28-11-27-16)8-15(14)21(24)25/h3-8H,9-11H2,1-2H3. The zero-order valence-corrected chi connectivity index (χ0v) is 15.3. The Labute approximate surface area is 160 Å². The summed E-state index contributed by atoms with van der Waals surface area (Å²) in [6.07, 6.45) is 0. The molecule has 0 N–H and O–H groups in total. The lowest BCUT2D eigenvalue weighted by Gasteiger charge is -2.18. The number of nitrogens with zero attached hydrogens (tertiary/aromatic N) is 2. The van der Waals surface area contributed by atoms with Crippen molar-refractivity contribution in [3.05, 3.63) is 63.2 Å². The maximum absolute atomic E-state index is 12.3. The number of nitro benzene ring substituents is 1. The number of fused-ring (bicyclic) bond motifs is 1. The van der Waals surface area contributed by atoms with E-state index in [4.69, 9.17) is 14.2 Å². The number of nitro groups is 1. The summed E-state index contributed by atoms with van der Waals surface area (Å²) in [4.78, 5) is 36.5. The molecule has 0 aliphatic carbocycles. The fourth-order valence-corrected chi connectivity index (χ4v) is 2.69. The van der Waals surface area contributed by atoms with Gasteiger partial charge in [0.1, 0.15) is 5.56 Å². The SMILES string of the molecule is Cc1ccccc1CN(C)C(=O)COC(=O)c1cc2c(cc1[N+](=O)[O-])OCO2. The minimum Gasteiger partial charge on any atom is -0.454 e. The van der Waals surface area contributed by atoms with Crippen molar-refractivity contribution in [2.75, 3.05) is 20.4 Å². The molecule has 1 aliphatic heterocycles. The number of esters is 1. The number of carbonyl (C=O) groups is 2. The quantitative estimate of drug-likeness (QED) is 0.426. The number of hydrogen-bond acceptors (Lipinski definition) is 7. The van der Waals surface area contributed by atoms with Gasteiger partial charge in [-0.05, 0) is 18.1 Å². The molecule has 0 atom stereocenters. The van der Waals surface area contributed by atoms with Gasteiger partial charge in [-0.3, -0.25) is 14.9 Å². The zero-order valence-electron chi connectivity index (χ0n) is 15.3. The van der Waals surface area contributed by atoms with Crippen LogP contribution >= 0.6 is 0 Å². The van der Waals surface area contributed by atoms with Gasteiger partial charge in [-0.2, -0.15) is 0 Å². The predicted octanol–water partition coefficient (Wildman–Crippen LogP) is 2.45. The van der Waals surface area contributed by atoms with Gasteiger partial charge in [-0.1, -0.05) is 24.3 Å². The Morgan fingerprint density at radius 2 is 1.89 bits per heavy atom. The van der Waals surface area contributed by atoms with Crippen molar-refractivity contribution in [1.82, 2.24) is 4.90 Å². The van der Waals surface area contributed by atoms with E-state index in [1.54, 1.807) is 7.05 Å². The van der Waals surface area contributed by atoms with Gasteiger partial charge in [0.25, 0.3) is 11.6 Å². The van der Waals surface area contributed by atoms with Crippen LogP contribution in [-0.4, -0.2) is 42.1 Å². The van der Waals surface area contributed by atoms with E-state index in [9.17, 15) is 19.7 Å². The third-order valence-corrected chi connectivity index (χ3v) is 4.33. The van der Waals surface area contributed by atoms with Crippen LogP contribution in [0, 0.1) is 17.0 Å². The summed E-state index contributed by atoms with van der Waals surface area (Å²) >= 11 is 0. The van der Waals surface area contributed by atoms with Gasteiger partial charge < -0.3 is 19.1 Å². The molecular formula is C19H18N2O7. The fraction of sp³-hybridized carbons (Fsp3) is 0.263. The van der Waals surface area contributed by atoms with E-state index in [0.29, 0.717) is 6.54 Å². The summed E-state index contributed by atoms with van der Waals surface area (Å²) in [5.41, 5.74) is 1.23. The first-order valence-corrected chi connectivity index (χ1v) is 8.40. The molecule has 0 unspecified atom stereocenters. The van der Waals surface area contributed by atoms with Crippen molar-refractivity contribution in [2.24, 2.45) is 0 Å². The molecular weight excluding hydrogens is 368 g/mol. The second-order valence-corrected chi connectivity index (χ2v) is 6.23. The molecule has 2 aromatic carbocycles. The molecule has 1 aliphatic rings. The van der Waals surface area contributed by atoms with Crippen molar-refractivity contribution in [3.8, 4) is 11.5 Å². The van der Waals surface area contributed by atoms with Crippen LogP contribution in [0.2, 0.25) is 0 Å². The lowest BCUT2D eigenvalue weighted by atomic mass is 10.1. The molecule has 0 fully saturated rings. The molecule has 3 rings (SSSR count). The minimum atomic E-state index is -0.984. The van der Waals surface area contributed by atoms with Crippen LogP contribution < -0.4 is 9.47 Å². The molecule has 0 radical (unpaired) electrons. The van der Waals surface area contributed by atoms with E-state index in [0.717, 1.165) is 17.2 Å². The fourth-order valence-electron chi connectivity index (χ4n) is 2.69. The lowest BCUT2D eigenvalue weighted by molar-refractivity contribution is -0.385. The molecule has 2 aromatic rings. The number of amides is 1. The monoisotopic (exact) mass is 386 g/mol. The van der Waals surface area contributed by atoms with Gasteiger partial charge in [-0.25, -0.2) is 4.79 Å². The first-order valence-electron chi connectivity index (χ1n) is 8.40. The number of ether oxygens (including phenoxy) is 3. The van der Waals surface area contributed by atoms with E-state index in [-0.39, 0.29) is 23.9 Å². The number of likely N-dealkylation sites (N-methyl/N-ethyl adjacent to an activating group) is 1. The highest BCUT2D eigenvalue weighted by molar-refractivity contribution is 5.96. The molecule has 9 nitrogen and oxygen atoms in total. The molecule has 28 heavy (non-hydrogen) atoms. The molecule has 9 heteroatoms. The zero-order chi connectivity index (χ0) is 20.3. The summed E-state index contributed by atoms with van der Waals surface area (Å²) in [5.74, 6) is -1.03. The van der Waals surface area contributed by atoms with Gasteiger partial charge in [0.15, 0.2) is 18.1 Å². The van der Waals surface area contributed by atoms with Gasteiger partial charge in [0.05, 0.1) is 11.0 Å². The van der Waals surface area contributed by atoms with Gasteiger partial charge in [0.2, 0.25) is 6.79 Å². The van der Waals surface area contributed by atoms with Crippen LogP contribution in [0.1, 0.15) is 21.5 Å². The number of hydrogen-bond donors (Lipinski definition) is 0. The smallest absolute Gasteiger partial charge is 0.345 e. The second-order valence-electron chi connectivity index (χ2n) is 6.23. The van der Waals surface area contributed by atoms with Crippen LogP contribution in [0.15, 0.2) is 36.4 Å². The lowest BCUT2D eigenvalue weighted by Crippen LogP contribution is -2.31. The van der Waals surface area contributed by atoms with Crippen LogP contribution in [0.4, 0.5) is 5.69 Å². The van der Waals surface area contributed by atoms with Crippen molar-refractivity contribution < 1.29 is 28.7 Å². The molecule has 1 amide bonds. The first-order chi connectivity index (χ1) is 13.4. The molecule has 1 heterocycles. The molecule has 0 bridgehead atoms. The van der Waals surface area contributed by atoms with Crippen molar-refractivity contribution in [3.63, 3.8) is 0 Å². The van der Waals surface area contributed by atoms with E-state index in [2.05, 4.69) is 0 Å². The molecule has 0 spiro atoms. The van der Waals surface area contributed by atoms with Crippen molar-refractivity contribution in [2.45, 2.75) is 13.5 Å². The third kappa shape index (κ3) is 4.03. The van der Waals surface area contributed by atoms with E-state index >= 15 is 0 Å². The highest BCUT2D eigenvalue weighted by Gasteiger charge is 2.28. The molecule has 0 saturated heterocycles. The number of benzene rings is 2. The number of carbonyl (C=O) groups excluding carboxylic acids is 2. The van der Waals surface area contributed by atoms with Crippen LogP contribution in [-0.2, 0) is 16.1 Å². The summed E-state index contributed by atoms with van der Waals surface area (Å²) in [7, 11) is 1.59. The van der Waals surface area contributed by atoms with Gasteiger partial charge >= 0.3 is 5.97 Å². The summed E-state index contributed by atoms with van der Waals surface area (Å²) in [5, 5.41) is 11.2. The highest BCUT2D eigenvalue weighted by Crippen LogP contribution is 2.38. The predicted molar refractivity (Wildman–Crippen MR) is 97.2 cm³/mol. The molecule has 0 aromatic heterocycles. The summed E-state index contributed by atoms with van der Waals surface area (Å²) in [6.45, 7) is 1.67. The second kappa shape index (κ2) is 7.95. The van der Waals surface area contributed by atoms with Crippen molar-refractivity contribution in [1.29, 1.82) is 0 Å². The maximum atomic E-state index is 12.3. The minimum absolute atomic E-state index is 0.0901. The average Bonchev–Trinajstić information content (AvgIpc) is 3.14. The summed E-state index contributed by atoms with van der Waals surface area (Å²) in [6, 6.07) is 9.91. The summed E-state index contributed by atoms with van der Waals surface area (Å²) < 4.78 is 15.2. The van der Waals surface area contributed by atoms with Crippen molar-refractivity contribution >= 4 is 17.6 Å². The van der Waals surface area contributed by atoms with Gasteiger partial charge in [-0.15, -0.1) is 0 Å². The van der Waals surface area contributed by atoms with E-state index in [1.165, 1.54) is 11.0 Å². The topological polar surface area (TPSA) is 108 Å². The first kappa shape index (κ1) is 19.2. The van der Waals surface area contributed by atoms with Crippen LogP contribution in [0.5, 0.6) is 11.5 Å². The normalized spacial score (nSPS) is 11.8. The van der Waals surface area contributed by atoms with Crippen LogP contribution in [0.3, 0.4) is 0 Å². The molecule has 146 valence electrons. The van der Waals surface area contributed by atoms with E-state index in [1.807, 2.05) is 31.2 Å². The Morgan fingerprint density at radius 3 is 2.57 bits per heavy atom. The maximum Gasteiger partial charge on any atom is 0.345 e. The third-order valence-electron chi connectivity index (χ3n) is 4.33. The Morgan fingerprint density at radius 1 is 1.21 bits per heavy atom. The number of rotatable bonds is 6. The Hall–Kier alpha value is -3.62. The van der Waals surface area contributed by atoms with Crippen LogP contribution in [0.25, 0.3) is 0 Å². The average molecular weight is 386 g/mol. The Kier molecular flexibility index (Phi) is 5.44. The largest absolute Gasteiger partial charge is 0.454 e. The Bertz CT molecular complexity index is 942. The number of aryl methyl sites for hydroxylation is 1. The Balaban J connectivity index is 1.66.